The van der Waals surface area contributed by atoms with Crippen molar-refractivity contribution in [3.63, 3.8) is 0 Å². The molecule has 0 fully saturated rings. The number of allylic oxidation sites excluding steroid dienone is 1. The average Bonchev–Trinajstić information content (AvgIpc) is 2.74. The molecule has 7 nitrogen and oxygen atoms in total. The number of hydrogen-bond acceptors (Lipinski definition) is 5. The van der Waals surface area contributed by atoms with E-state index in [1.807, 2.05) is 4.90 Å². The first-order valence-corrected chi connectivity index (χ1v) is 9.07. The Kier molecular flexibility index (Phi) is 10.3. The topological polar surface area (TPSA) is 85.8 Å². The molecule has 10 heteroatoms. The summed E-state index contributed by atoms with van der Waals surface area (Å²) in [6.45, 7) is 5.55. The maximum atomic E-state index is 12.4. The number of carbonyl (C=O) groups is 2. The monoisotopic (exact) mass is 426 g/mol. The van der Waals surface area contributed by atoms with E-state index in [-0.39, 0.29) is 11.3 Å². The number of fused-ring (bicyclic) bond motifs is 1. The number of nitrogens with zero attached hydrogens (tertiary/aromatic N) is 3. The molecule has 0 spiro atoms. The van der Waals surface area contributed by atoms with Gasteiger partial charge < -0.3 is 10.2 Å². The molecule has 0 unspecified atom stereocenters. The smallest absolute Gasteiger partial charge is 0.295 e. The van der Waals surface area contributed by atoms with Gasteiger partial charge in [-0.25, -0.2) is 23.2 Å². The van der Waals surface area contributed by atoms with E-state index in [1.165, 1.54) is 18.3 Å². The van der Waals surface area contributed by atoms with Crippen LogP contribution in [0.3, 0.4) is 0 Å². The number of halogens is 3. The third-order valence-corrected chi connectivity index (χ3v) is 3.93. The number of pyridine rings is 1. The summed E-state index contributed by atoms with van der Waals surface area (Å²) < 4.78 is 35.3. The van der Waals surface area contributed by atoms with E-state index in [9.17, 15) is 28.0 Å². The third kappa shape index (κ3) is 7.03. The fraction of sp³-hybridized carbons (Fsp3) is 0.350. The normalized spacial score (nSPS) is 12.6. The second-order valence-corrected chi connectivity index (χ2v) is 6.12. The van der Waals surface area contributed by atoms with Gasteiger partial charge in [0.05, 0.1) is 24.8 Å². The fourth-order valence-electron chi connectivity index (χ4n) is 2.55. The molecule has 0 saturated carbocycles. The highest BCUT2D eigenvalue weighted by Crippen LogP contribution is 2.32. The zero-order valence-electron chi connectivity index (χ0n) is 16.8. The maximum absolute atomic E-state index is 12.4. The van der Waals surface area contributed by atoms with Crippen LogP contribution in [-0.4, -0.2) is 60.2 Å². The lowest BCUT2D eigenvalue weighted by atomic mass is 9.98. The maximum Gasteiger partial charge on any atom is 0.295 e. The highest BCUT2D eigenvalue weighted by molar-refractivity contribution is 6.22. The highest BCUT2D eigenvalue weighted by Gasteiger charge is 2.26. The summed E-state index contributed by atoms with van der Waals surface area (Å²) in [5.41, 5.74) is 1.13. The number of aromatic nitrogens is 1. The van der Waals surface area contributed by atoms with Crippen LogP contribution in [0.25, 0.3) is 5.57 Å². The molecule has 1 aromatic heterocycles. The largest absolute Gasteiger partial charge is 0.366 e. The van der Waals surface area contributed by atoms with Crippen LogP contribution in [0.4, 0.5) is 18.9 Å². The van der Waals surface area contributed by atoms with Crippen LogP contribution in [0.1, 0.15) is 29.4 Å². The van der Waals surface area contributed by atoms with E-state index in [0.29, 0.717) is 42.2 Å². The summed E-state index contributed by atoms with van der Waals surface area (Å²) in [5.74, 6) is -1.40. The van der Waals surface area contributed by atoms with Gasteiger partial charge in [-0.1, -0.05) is 18.2 Å². The molecule has 1 aliphatic rings. The molecule has 0 atom stereocenters. The van der Waals surface area contributed by atoms with E-state index >= 15 is 0 Å². The van der Waals surface area contributed by atoms with Crippen LogP contribution >= 0.6 is 0 Å². The van der Waals surface area contributed by atoms with Crippen molar-refractivity contribution in [2.24, 2.45) is 0 Å². The van der Waals surface area contributed by atoms with Crippen LogP contribution < -0.4 is 10.2 Å². The van der Waals surface area contributed by atoms with Crippen LogP contribution in [-0.2, 0) is 4.79 Å². The lowest BCUT2D eigenvalue weighted by Gasteiger charge is -2.30. The first-order valence-electron chi connectivity index (χ1n) is 9.07. The lowest BCUT2D eigenvalue weighted by molar-refractivity contribution is -0.116. The molecule has 1 aliphatic heterocycles. The van der Waals surface area contributed by atoms with Crippen molar-refractivity contribution in [1.29, 1.82) is 0 Å². The van der Waals surface area contributed by atoms with Gasteiger partial charge in [-0.3, -0.25) is 14.8 Å². The summed E-state index contributed by atoms with van der Waals surface area (Å²) in [6.07, 6.45) is 4.66. The average molecular weight is 426 g/mol. The number of alkyl halides is 2. The first-order chi connectivity index (χ1) is 14.3. The first kappa shape index (κ1) is 24.9. The Morgan fingerprint density at radius 1 is 1.47 bits per heavy atom. The van der Waals surface area contributed by atoms with Gasteiger partial charge in [0, 0.05) is 31.3 Å². The fourth-order valence-corrected chi connectivity index (χ4v) is 2.55. The number of hydroxylamine groups is 2. The highest BCUT2D eigenvalue weighted by atomic mass is 19.3. The molecule has 0 radical (unpaired) electrons. The van der Waals surface area contributed by atoms with E-state index < -0.39 is 24.8 Å². The molecular weight excluding hydrogens is 401 g/mol. The van der Waals surface area contributed by atoms with E-state index in [2.05, 4.69) is 16.9 Å². The summed E-state index contributed by atoms with van der Waals surface area (Å²) in [4.78, 5) is 30.2. The number of rotatable bonds is 7. The van der Waals surface area contributed by atoms with Gasteiger partial charge in [-0.2, -0.15) is 0 Å². The van der Waals surface area contributed by atoms with Crippen molar-refractivity contribution in [3.05, 3.63) is 54.7 Å². The second kappa shape index (κ2) is 12.4. The molecule has 2 heterocycles. The third-order valence-electron chi connectivity index (χ3n) is 3.93. The number of carbonyl (C=O) groups excluding carboxylic acids is 2. The molecule has 30 heavy (non-hydrogen) atoms. The SMILES string of the molecule is C/C=C/F.C=CCCN1CC=C(C(=O)NCC(F)F)c2cc(C(=O)N(C)O)ncc21. The van der Waals surface area contributed by atoms with E-state index in [4.69, 9.17) is 0 Å². The molecule has 0 aromatic carbocycles. The van der Waals surface area contributed by atoms with Crippen molar-refractivity contribution in [3.8, 4) is 0 Å². The van der Waals surface area contributed by atoms with Crippen LogP contribution in [0.5, 0.6) is 0 Å². The van der Waals surface area contributed by atoms with E-state index in [1.54, 1.807) is 19.1 Å². The number of nitrogens with one attached hydrogen (secondary N) is 1. The minimum Gasteiger partial charge on any atom is -0.366 e. The Labute approximate surface area is 173 Å². The second-order valence-electron chi connectivity index (χ2n) is 6.12. The minimum absolute atomic E-state index is 0.0631. The zero-order valence-corrected chi connectivity index (χ0v) is 16.8. The Hall–Kier alpha value is -3.14. The zero-order chi connectivity index (χ0) is 22.7. The summed E-state index contributed by atoms with van der Waals surface area (Å²) in [6, 6.07) is 1.37. The molecule has 164 valence electrons. The van der Waals surface area contributed by atoms with Gasteiger partial charge in [-0.05, 0) is 19.4 Å². The Morgan fingerprint density at radius 2 is 2.13 bits per heavy atom. The summed E-state index contributed by atoms with van der Waals surface area (Å²) in [7, 11) is 1.16. The van der Waals surface area contributed by atoms with Crippen LogP contribution in [0.15, 0.2) is 43.4 Å². The molecular formula is C20H25F3N4O3. The van der Waals surface area contributed by atoms with E-state index in [0.717, 1.165) is 7.05 Å². The minimum atomic E-state index is -2.66. The number of anilines is 1. The standard InChI is InChI=1S/C17H20F2N4O3.C3H5F/c1-3-4-6-23-7-5-11(16(24)21-10-15(18)19)12-8-13(17(25)22(2)26)20-9-14(12)23;1-2-3-4/h3,5,8-9,15,26H,1,4,6-7,10H2,2H3,(H,21,24);2-3H,1H3/b;3-2+. The van der Waals surface area contributed by atoms with Crippen molar-refractivity contribution in [1.82, 2.24) is 15.4 Å². The van der Waals surface area contributed by atoms with Crippen molar-refractivity contribution >= 4 is 23.1 Å². The molecule has 1 aromatic rings. The van der Waals surface area contributed by atoms with Crippen LogP contribution in [0, 0.1) is 0 Å². The lowest BCUT2D eigenvalue weighted by Crippen LogP contribution is -2.34. The Bertz CT molecular complexity index is 806. The number of amides is 2. The van der Waals surface area contributed by atoms with Gasteiger partial charge >= 0.3 is 0 Å². The predicted molar refractivity (Wildman–Crippen MR) is 108 cm³/mol. The molecule has 0 saturated heterocycles. The van der Waals surface area contributed by atoms with Gasteiger partial charge in [0.2, 0.25) is 0 Å². The van der Waals surface area contributed by atoms with Gasteiger partial charge in [0.15, 0.2) is 0 Å². The van der Waals surface area contributed by atoms with Crippen molar-refractivity contribution in [2.45, 2.75) is 19.8 Å². The van der Waals surface area contributed by atoms with Crippen molar-refractivity contribution in [2.75, 3.05) is 31.6 Å². The summed E-state index contributed by atoms with van der Waals surface area (Å²) in [5, 5.41) is 11.9. The van der Waals surface area contributed by atoms with Gasteiger partial charge in [-0.15, -0.1) is 6.58 Å². The van der Waals surface area contributed by atoms with Gasteiger partial charge in [0.25, 0.3) is 18.2 Å². The molecule has 2 N–H and O–H groups in total. The predicted octanol–water partition coefficient (Wildman–Crippen LogP) is 3.19. The Morgan fingerprint density at radius 3 is 2.67 bits per heavy atom. The molecule has 2 rings (SSSR count). The molecule has 2 amide bonds. The summed E-state index contributed by atoms with van der Waals surface area (Å²) >= 11 is 0. The molecule has 0 aliphatic carbocycles. The number of hydrogen-bond donors (Lipinski definition) is 2. The Balaban J connectivity index is 0.00000103. The van der Waals surface area contributed by atoms with Gasteiger partial charge in [0.1, 0.15) is 5.69 Å². The quantitative estimate of drug-likeness (QED) is 0.397. The van der Waals surface area contributed by atoms with Crippen molar-refractivity contribution < 1.29 is 28.0 Å². The van der Waals surface area contributed by atoms with Crippen LogP contribution in [0.2, 0.25) is 0 Å². The molecule has 0 bridgehead atoms.